The van der Waals surface area contributed by atoms with Gasteiger partial charge < -0.3 is 10.2 Å². The predicted molar refractivity (Wildman–Crippen MR) is 73.3 cm³/mol. The molecule has 0 saturated carbocycles. The van der Waals surface area contributed by atoms with Gasteiger partial charge in [-0.2, -0.15) is 11.8 Å². The highest BCUT2D eigenvalue weighted by molar-refractivity contribution is 7.99. The largest absolute Gasteiger partial charge is 0.340 e. The van der Waals surface area contributed by atoms with Crippen molar-refractivity contribution < 1.29 is 4.79 Å². The van der Waals surface area contributed by atoms with Crippen molar-refractivity contribution >= 4 is 17.7 Å². The molecule has 1 atom stereocenters. The number of carbonyl (C=O) groups is 1. The van der Waals surface area contributed by atoms with Crippen molar-refractivity contribution in [3.05, 3.63) is 0 Å². The number of carbonyl (C=O) groups excluding carboxylic acids is 1. The van der Waals surface area contributed by atoms with E-state index in [1.807, 2.05) is 11.8 Å². The Labute approximate surface area is 109 Å². The number of thioether (sulfide) groups is 1. The van der Waals surface area contributed by atoms with Crippen molar-refractivity contribution in [3.63, 3.8) is 0 Å². The zero-order valence-electron chi connectivity index (χ0n) is 11.0. The summed E-state index contributed by atoms with van der Waals surface area (Å²) in [5.74, 6) is 2.63. The van der Waals surface area contributed by atoms with Gasteiger partial charge in [-0.25, -0.2) is 0 Å². The summed E-state index contributed by atoms with van der Waals surface area (Å²) in [6.07, 6.45) is 3.48. The third-order valence-corrected chi connectivity index (χ3v) is 4.96. The summed E-state index contributed by atoms with van der Waals surface area (Å²) in [5.41, 5.74) is 0.106. The van der Waals surface area contributed by atoms with Gasteiger partial charge in [0, 0.05) is 18.8 Å². The van der Waals surface area contributed by atoms with Crippen molar-refractivity contribution in [2.24, 2.45) is 5.41 Å². The van der Waals surface area contributed by atoms with E-state index in [1.165, 1.54) is 12.2 Å². The number of nitrogens with one attached hydrogen (secondary N) is 1. The zero-order valence-corrected chi connectivity index (χ0v) is 11.8. The number of hydrogen-bond donors (Lipinski definition) is 1. The van der Waals surface area contributed by atoms with Crippen LogP contribution in [0, 0.1) is 5.41 Å². The summed E-state index contributed by atoms with van der Waals surface area (Å²) in [7, 11) is 0. The summed E-state index contributed by atoms with van der Waals surface area (Å²) in [6.45, 7) is 7.29. The quantitative estimate of drug-likeness (QED) is 0.775. The van der Waals surface area contributed by atoms with Gasteiger partial charge in [0.25, 0.3) is 0 Å². The van der Waals surface area contributed by atoms with Crippen LogP contribution in [0.25, 0.3) is 0 Å². The Balaban J connectivity index is 2.01. The first-order valence-corrected chi connectivity index (χ1v) is 7.87. The fourth-order valence-electron chi connectivity index (χ4n) is 2.78. The van der Waals surface area contributed by atoms with Gasteiger partial charge in [0.05, 0.1) is 6.04 Å². The molecule has 3 nitrogen and oxygen atoms in total. The topological polar surface area (TPSA) is 32.3 Å². The smallest absolute Gasteiger partial charge is 0.240 e. The van der Waals surface area contributed by atoms with Crippen molar-refractivity contribution in [1.82, 2.24) is 10.2 Å². The molecule has 2 heterocycles. The Morgan fingerprint density at radius 3 is 2.88 bits per heavy atom. The van der Waals surface area contributed by atoms with Crippen molar-refractivity contribution in [2.45, 2.75) is 39.2 Å². The highest BCUT2D eigenvalue weighted by Crippen LogP contribution is 2.31. The van der Waals surface area contributed by atoms with Crippen molar-refractivity contribution in [3.8, 4) is 0 Å². The summed E-state index contributed by atoms with van der Waals surface area (Å²) in [4.78, 5) is 14.6. The molecule has 2 rings (SSSR count). The van der Waals surface area contributed by atoms with E-state index in [2.05, 4.69) is 24.1 Å². The van der Waals surface area contributed by atoms with Crippen LogP contribution in [0.2, 0.25) is 0 Å². The van der Waals surface area contributed by atoms with E-state index >= 15 is 0 Å². The van der Waals surface area contributed by atoms with Crippen molar-refractivity contribution in [2.75, 3.05) is 31.1 Å². The molecule has 0 spiro atoms. The molecule has 4 heteroatoms. The third kappa shape index (κ3) is 3.16. The van der Waals surface area contributed by atoms with E-state index in [1.54, 1.807) is 0 Å². The lowest BCUT2D eigenvalue weighted by Crippen LogP contribution is -2.56. The highest BCUT2D eigenvalue weighted by Gasteiger charge is 2.39. The number of piperidine rings is 1. The lowest BCUT2D eigenvalue weighted by Gasteiger charge is -2.40. The second kappa shape index (κ2) is 5.61. The Hall–Kier alpha value is -0.220. The summed E-state index contributed by atoms with van der Waals surface area (Å²) in [5, 5.41) is 3.43. The van der Waals surface area contributed by atoms with Gasteiger partial charge in [-0.3, -0.25) is 4.79 Å². The number of amides is 1. The van der Waals surface area contributed by atoms with Gasteiger partial charge in [0.1, 0.15) is 0 Å². The zero-order chi connectivity index (χ0) is 12.3. The maximum Gasteiger partial charge on any atom is 0.240 e. The van der Waals surface area contributed by atoms with Crippen molar-refractivity contribution in [1.29, 1.82) is 0 Å². The molecule has 0 aliphatic carbocycles. The summed E-state index contributed by atoms with van der Waals surface area (Å²) < 4.78 is 0. The molecule has 98 valence electrons. The molecular formula is C13H24N2OS. The monoisotopic (exact) mass is 256 g/mol. The van der Waals surface area contributed by atoms with Gasteiger partial charge in [0.15, 0.2) is 0 Å². The van der Waals surface area contributed by atoms with Crippen LogP contribution in [0.5, 0.6) is 0 Å². The fraction of sp³-hybridized carbons (Fsp3) is 0.923. The normalized spacial score (nSPS) is 29.8. The number of nitrogens with zero attached hydrogens (tertiary/aromatic N) is 1. The second-order valence-electron chi connectivity index (χ2n) is 5.77. The molecule has 0 aromatic rings. The standard InChI is InChI=1S/C13H24N2OS/c1-13(2)5-3-6-14-11(13)12(16)15-7-4-9-17-10-8-15/h11,14H,3-10H2,1-2H3. The first-order valence-electron chi connectivity index (χ1n) is 6.71. The molecule has 1 N–H and O–H groups in total. The van der Waals surface area contributed by atoms with Gasteiger partial charge in [-0.05, 0) is 37.0 Å². The first kappa shape index (κ1) is 13.2. The van der Waals surface area contributed by atoms with Gasteiger partial charge >= 0.3 is 0 Å². The third-order valence-electron chi connectivity index (χ3n) is 3.91. The van der Waals surface area contributed by atoms with E-state index in [9.17, 15) is 4.79 Å². The lowest BCUT2D eigenvalue weighted by atomic mass is 9.77. The Kier molecular flexibility index (Phi) is 4.36. The fourth-order valence-corrected chi connectivity index (χ4v) is 3.67. The molecule has 1 amide bonds. The van der Waals surface area contributed by atoms with Crippen LogP contribution >= 0.6 is 11.8 Å². The van der Waals surface area contributed by atoms with Crippen LogP contribution < -0.4 is 5.32 Å². The van der Waals surface area contributed by atoms with E-state index < -0.39 is 0 Å². The van der Waals surface area contributed by atoms with Crippen LogP contribution in [0.4, 0.5) is 0 Å². The van der Waals surface area contributed by atoms with E-state index in [4.69, 9.17) is 0 Å². The Bertz CT molecular complexity index is 273. The van der Waals surface area contributed by atoms with Gasteiger partial charge in [0.2, 0.25) is 5.91 Å². The molecule has 1 unspecified atom stereocenters. The molecular weight excluding hydrogens is 232 g/mol. The van der Waals surface area contributed by atoms with Crippen LogP contribution in [0.3, 0.4) is 0 Å². The maximum absolute atomic E-state index is 12.6. The minimum Gasteiger partial charge on any atom is -0.340 e. The molecule has 2 aliphatic heterocycles. The minimum atomic E-state index is 0.0272. The van der Waals surface area contributed by atoms with Crippen LogP contribution in [0.15, 0.2) is 0 Å². The lowest BCUT2D eigenvalue weighted by molar-refractivity contribution is -0.137. The molecule has 0 radical (unpaired) electrons. The molecule has 0 aromatic heterocycles. The number of hydrogen-bond acceptors (Lipinski definition) is 3. The predicted octanol–water partition coefficient (Wildman–Crippen LogP) is 1.73. The molecule has 17 heavy (non-hydrogen) atoms. The van der Waals surface area contributed by atoms with E-state index in [-0.39, 0.29) is 11.5 Å². The van der Waals surface area contributed by atoms with Crippen LogP contribution in [0.1, 0.15) is 33.1 Å². The molecule has 0 bridgehead atoms. The van der Waals surface area contributed by atoms with Gasteiger partial charge in [-0.1, -0.05) is 13.8 Å². The molecule has 2 fully saturated rings. The van der Waals surface area contributed by atoms with E-state index in [0.29, 0.717) is 5.91 Å². The maximum atomic E-state index is 12.6. The molecule has 0 aromatic carbocycles. The summed E-state index contributed by atoms with van der Waals surface area (Å²) in [6, 6.07) is 0.0272. The number of rotatable bonds is 1. The highest BCUT2D eigenvalue weighted by atomic mass is 32.2. The van der Waals surface area contributed by atoms with Crippen LogP contribution in [-0.2, 0) is 4.79 Å². The summed E-state index contributed by atoms with van der Waals surface area (Å²) >= 11 is 1.97. The Morgan fingerprint density at radius 2 is 2.12 bits per heavy atom. The van der Waals surface area contributed by atoms with Gasteiger partial charge in [-0.15, -0.1) is 0 Å². The van der Waals surface area contributed by atoms with Crippen LogP contribution in [-0.4, -0.2) is 48.0 Å². The minimum absolute atomic E-state index is 0.0272. The first-order chi connectivity index (χ1) is 8.11. The van der Waals surface area contributed by atoms with E-state index in [0.717, 1.165) is 38.2 Å². The molecule has 2 saturated heterocycles. The average Bonchev–Trinajstić information content (AvgIpc) is 2.56. The average molecular weight is 256 g/mol. The Morgan fingerprint density at radius 1 is 1.29 bits per heavy atom. The SMILES string of the molecule is CC1(C)CCCNC1C(=O)N1CCCSCC1. The second-order valence-corrected chi connectivity index (χ2v) is 7.00. The molecule has 2 aliphatic rings.